The molecule has 0 aliphatic rings. The number of anilines is 1. The van der Waals surface area contributed by atoms with Crippen molar-refractivity contribution in [3.05, 3.63) is 58.3 Å². The summed E-state index contributed by atoms with van der Waals surface area (Å²) in [5, 5.41) is 13.8. The van der Waals surface area contributed by atoms with Gasteiger partial charge in [0.2, 0.25) is 5.91 Å². The number of thioether (sulfide) groups is 1. The van der Waals surface area contributed by atoms with Crippen molar-refractivity contribution in [3.63, 3.8) is 0 Å². The lowest BCUT2D eigenvalue weighted by atomic mass is 10.2. The Balaban J connectivity index is 1.85. The fourth-order valence-corrected chi connectivity index (χ4v) is 2.45. The van der Waals surface area contributed by atoms with Crippen molar-refractivity contribution in [1.29, 1.82) is 0 Å². The van der Waals surface area contributed by atoms with E-state index in [-0.39, 0.29) is 17.3 Å². The maximum Gasteiger partial charge on any atom is 0.338 e. The Labute approximate surface area is 147 Å². The molecule has 0 unspecified atom stereocenters. The summed E-state index contributed by atoms with van der Waals surface area (Å²) in [5.74, 6) is -0.570. The molecule has 2 rings (SSSR count). The lowest BCUT2D eigenvalue weighted by molar-refractivity contribution is -0.385. The lowest BCUT2D eigenvalue weighted by Crippen LogP contribution is -2.14. The standard InChI is InChI=1S/C16H15N3O5S/c1-2-24-16(21)11-3-5-12(6-4-11)18-14(20)10-25-15-8-7-13(9-17-15)19(22)23/h3-9H,2,10H2,1H3,(H,18,20). The molecule has 25 heavy (non-hydrogen) atoms. The van der Waals surface area contributed by atoms with Crippen molar-refractivity contribution >= 4 is 35.0 Å². The highest BCUT2D eigenvalue weighted by Gasteiger charge is 2.09. The van der Waals surface area contributed by atoms with Crippen molar-refractivity contribution in [2.24, 2.45) is 0 Å². The van der Waals surface area contributed by atoms with Crippen LogP contribution >= 0.6 is 11.8 Å². The molecule has 0 atom stereocenters. The summed E-state index contributed by atoms with van der Waals surface area (Å²) in [6.07, 6.45) is 1.15. The normalized spacial score (nSPS) is 10.1. The van der Waals surface area contributed by atoms with Crippen LogP contribution in [0.3, 0.4) is 0 Å². The molecule has 0 fully saturated rings. The van der Waals surface area contributed by atoms with Crippen LogP contribution in [0.2, 0.25) is 0 Å². The molecule has 0 radical (unpaired) electrons. The number of benzene rings is 1. The monoisotopic (exact) mass is 361 g/mol. The van der Waals surface area contributed by atoms with E-state index < -0.39 is 10.9 Å². The number of hydrogen-bond donors (Lipinski definition) is 1. The summed E-state index contributed by atoms with van der Waals surface area (Å²) in [6.45, 7) is 2.02. The van der Waals surface area contributed by atoms with Crippen molar-refractivity contribution in [2.75, 3.05) is 17.7 Å². The summed E-state index contributed by atoms with van der Waals surface area (Å²) in [7, 11) is 0. The summed E-state index contributed by atoms with van der Waals surface area (Å²) in [6, 6.07) is 9.18. The first-order valence-electron chi connectivity index (χ1n) is 7.30. The molecule has 1 amide bonds. The second-order valence-corrected chi connectivity index (χ2v) is 5.74. The summed E-state index contributed by atoms with van der Waals surface area (Å²) >= 11 is 1.16. The molecule has 1 N–H and O–H groups in total. The van der Waals surface area contributed by atoms with Gasteiger partial charge in [-0.1, -0.05) is 11.8 Å². The van der Waals surface area contributed by atoms with Crippen LogP contribution in [-0.2, 0) is 9.53 Å². The molecular weight excluding hydrogens is 346 g/mol. The largest absolute Gasteiger partial charge is 0.462 e. The molecule has 9 heteroatoms. The third kappa shape index (κ3) is 5.57. The van der Waals surface area contributed by atoms with E-state index in [1.807, 2.05) is 0 Å². The zero-order chi connectivity index (χ0) is 18.2. The number of pyridine rings is 1. The van der Waals surface area contributed by atoms with E-state index in [2.05, 4.69) is 10.3 Å². The van der Waals surface area contributed by atoms with E-state index in [4.69, 9.17) is 4.74 Å². The van der Waals surface area contributed by atoms with Gasteiger partial charge in [-0.05, 0) is 37.3 Å². The third-order valence-corrected chi connectivity index (χ3v) is 3.91. The minimum atomic E-state index is -0.534. The fourth-order valence-electron chi connectivity index (χ4n) is 1.81. The number of hydrogen-bond acceptors (Lipinski definition) is 7. The number of aromatic nitrogens is 1. The second kappa shape index (κ2) is 8.78. The number of nitrogens with zero attached hydrogens (tertiary/aromatic N) is 2. The van der Waals surface area contributed by atoms with Crippen LogP contribution in [-0.4, -0.2) is 34.1 Å². The van der Waals surface area contributed by atoms with Crippen LogP contribution in [0.4, 0.5) is 11.4 Å². The van der Waals surface area contributed by atoms with E-state index in [9.17, 15) is 19.7 Å². The first-order valence-corrected chi connectivity index (χ1v) is 8.28. The van der Waals surface area contributed by atoms with Crippen LogP contribution in [0.1, 0.15) is 17.3 Å². The highest BCUT2D eigenvalue weighted by Crippen LogP contribution is 2.19. The van der Waals surface area contributed by atoms with Crippen molar-refractivity contribution in [3.8, 4) is 0 Å². The zero-order valence-corrected chi connectivity index (χ0v) is 14.1. The Bertz CT molecular complexity index is 762. The number of nitrogens with one attached hydrogen (secondary N) is 1. The van der Waals surface area contributed by atoms with Gasteiger partial charge in [-0.2, -0.15) is 0 Å². The smallest absolute Gasteiger partial charge is 0.338 e. The fraction of sp³-hybridized carbons (Fsp3) is 0.188. The van der Waals surface area contributed by atoms with Gasteiger partial charge in [0.15, 0.2) is 0 Å². The number of nitro groups is 1. The van der Waals surface area contributed by atoms with Crippen molar-refractivity contribution < 1.29 is 19.2 Å². The molecule has 130 valence electrons. The molecule has 1 heterocycles. The Kier molecular flexibility index (Phi) is 6.47. The van der Waals surface area contributed by atoms with E-state index in [0.717, 1.165) is 18.0 Å². The topological polar surface area (TPSA) is 111 Å². The first-order chi connectivity index (χ1) is 12.0. The van der Waals surface area contributed by atoms with Gasteiger partial charge in [0.05, 0.1) is 27.9 Å². The molecule has 0 saturated carbocycles. The van der Waals surface area contributed by atoms with E-state index >= 15 is 0 Å². The average molecular weight is 361 g/mol. The van der Waals surface area contributed by atoms with E-state index in [1.165, 1.54) is 12.1 Å². The molecule has 8 nitrogen and oxygen atoms in total. The predicted octanol–water partition coefficient (Wildman–Crippen LogP) is 2.90. The molecule has 0 bridgehead atoms. The molecule has 2 aromatic rings. The minimum absolute atomic E-state index is 0.101. The van der Waals surface area contributed by atoms with Crippen LogP contribution < -0.4 is 5.32 Å². The molecule has 1 aromatic carbocycles. The van der Waals surface area contributed by atoms with Crippen LogP contribution in [0.15, 0.2) is 47.6 Å². The number of amides is 1. The summed E-state index contributed by atoms with van der Waals surface area (Å²) in [5.41, 5.74) is 0.857. The van der Waals surface area contributed by atoms with Crippen LogP contribution in [0, 0.1) is 10.1 Å². The number of carbonyl (C=O) groups excluding carboxylic acids is 2. The second-order valence-electron chi connectivity index (χ2n) is 4.75. The Morgan fingerprint density at radius 2 is 1.96 bits per heavy atom. The lowest BCUT2D eigenvalue weighted by Gasteiger charge is -2.06. The number of esters is 1. The van der Waals surface area contributed by atoms with Gasteiger partial charge in [-0.25, -0.2) is 9.78 Å². The van der Waals surface area contributed by atoms with E-state index in [0.29, 0.717) is 22.9 Å². The van der Waals surface area contributed by atoms with Gasteiger partial charge in [0.25, 0.3) is 5.69 Å². The molecule has 0 spiro atoms. The Hall–Kier alpha value is -2.94. The molecule has 0 aliphatic heterocycles. The molecular formula is C16H15N3O5S. The summed E-state index contributed by atoms with van der Waals surface area (Å²) in [4.78, 5) is 37.4. The molecule has 0 saturated heterocycles. The molecule has 0 aliphatic carbocycles. The van der Waals surface area contributed by atoms with Gasteiger partial charge in [-0.3, -0.25) is 14.9 Å². The van der Waals surface area contributed by atoms with Gasteiger partial charge in [0.1, 0.15) is 6.20 Å². The third-order valence-electron chi connectivity index (χ3n) is 2.96. The quantitative estimate of drug-likeness (QED) is 0.349. The minimum Gasteiger partial charge on any atom is -0.462 e. The average Bonchev–Trinajstić information content (AvgIpc) is 2.61. The maximum atomic E-state index is 11.9. The Morgan fingerprint density at radius 3 is 2.52 bits per heavy atom. The van der Waals surface area contributed by atoms with Crippen LogP contribution in [0.25, 0.3) is 0 Å². The van der Waals surface area contributed by atoms with Gasteiger partial charge in [-0.15, -0.1) is 0 Å². The predicted molar refractivity (Wildman–Crippen MR) is 92.6 cm³/mol. The first kappa shape index (κ1) is 18.4. The van der Waals surface area contributed by atoms with E-state index in [1.54, 1.807) is 31.2 Å². The van der Waals surface area contributed by atoms with Gasteiger partial charge in [0, 0.05) is 11.8 Å². The van der Waals surface area contributed by atoms with Crippen molar-refractivity contribution in [2.45, 2.75) is 11.9 Å². The number of rotatable bonds is 7. The summed E-state index contributed by atoms with van der Waals surface area (Å²) < 4.78 is 4.88. The Morgan fingerprint density at radius 1 is 1.24 bits per heavy atom. The highest BCUT2D eigenvalue weighted by atomic mass is 32.2. The van der Waals surface area contributed by atoms with Gasteiger partial charge >= 0.3 is 5.97 Å². The van der Waals surface area contributed by atoms with Crippen LogP contribution in [0.5, 0.6) is 0 Å². The number of carbonyl (C=O) groups is 2. The highest BCUT2D eigenvalue weighted by molar-refractivity contribution is 7.99. The molecule has 1 aromatic heterocycles. The SMILES string of the molecule is CCOC(=O)c1ccc(NC(=O)CSc2ccc([N+](=O)[O-])cn2)cc1. The zero-order valence-electron chi connectivity index (χ0n) is 13.3. The van der Waals surface area contributed by atoms with Crippen molar-refractivity contribution in [1.82, 2.24) is 4.98 Å². The maximum absolute atomic E-state index is 11.9. The van der Waals surface area contributed by atoms with Gasteiger partial charge < -0.3 is 10.1 Å². The number of ether oxygens (including phenoxy) is 1.